The van der Waals surface area contributed by atoms with Gasteiger partial charge in [0.05, 0.1) is 17.1 Å². The summed E-state index contributed by atoms with van der Waals surface area (Å²) in [5.74, 6) is -1.71. The lowest BCUT2D eigenvalue weighted by Gasteiger charge is -2.17. The number of H-pyrrole nitrogens is 1. The van der Waals surface area contributed by atoms with Crippen LogP contribution in [0.3, 0.4) is 0 Å². The van der Waals surface area contributed by atoms with Gasteiger partial charge in [-0.3, -0.25) is 19.6 Å². The van der Waals surface area contributed by atoms with Crippen molar-refractivity contribution in [2.75, 3.05) is 0 Å². The molecule has 4 rings (SSSR count). The van der Waals surface area contributed by atoms with Crippen LogP contribution in [-0.2, 0) is 16.1 Å². The van der Waals surface area contributed by atoms with E-state index < -0.39 is 23.7 Å². The third kappa shape index (κ3) is 3.74. The molecule has 0 aliphatic carbocycles. The third-order valence-electron chi connectivity index (χ3n) is 5.31. The number of hydrogen-bond donors (Lipinski definition) is 2. The maximum absolute atomic E-state index is 14.6. The molecule has 2 amide bonds. The molecule has 0 spiro atoms. The Kier molecular flexibility index (Phi) is 5.18. The van der Waals surface area contributed by atoms with Gasteiger partial charge < -0.3 is 9.72 Å². The Hall–Kier alpha value is -3.75. The fourth-order valence-electron chi connectivity index (χ4n) is 3.70. The zero-order chi connectivity index (χ0) is 22.3. The topological polar surface area (TPSA) is 106 Å². The molecule has 9 heteroatoms. The van der Waals surface area contributed by atoms with E-state index in [9.17, 15) is 18.8 Å². The van der Waals surface area contributed by atoms with E-state index in [2.05, 4.69) is 10.1 Å². The molecule has 160 valence electrons. The zero-order valence-electron chi connectivity index (χ0n) is 17.2. The molecule has 0 bridgehead atoms. The average Bonchev–Trinajstić information content (AvgIpc) is 3.28. The number of alkyl carbamates (subject to hydrolysis) is 1. The molecule has 0 saturated carbocycles. The summed E-state index contributed by atoms with van der Waals surface area (Å²) in [7, 11) is 0. The van der Waals surface area contributed by atoms with Crippen LogP contribution in [0.15, 0.2) is 47.1 Å². The average molecular weight is 424 g/mol. The van der Waals surface area contributed by atoms with Gasteiger partial charge in [0.15, 0.2) is 5.76 Å². The first-order valence-corrected chi connectivity index (χ1v) is 9.92. The Balaban J connectivity index is 1.75. The molecule has 2 aromatic heterocycles. The summed E-state index contributed by atoms with van der Waals surface area (Å²) >= 11 is 0. The largest absolute Gasteiger partial charge is 0.419 e. The van der Waals surface area contributed by atoms with Crippen LogP contribution in [0.5, 0.6) is 0 Å². The number of benzene rings is 1. The van der Waals surface area contributed by atoms with Crippen molar-refractivity contribution < 1.29 is 18.7 Å². The molecular weight excluding hydrogens is 403 g/mol. The van der Waals surface area contributed by atoms with Crippen LogP contribution in [-0.4, -0.2) is 26.8 Å². The van der Waals surface area contributed by atoms with E-state index in [4.69, 9.17) is 4.74 Å². The number of allylic oxidation sites excluding steroid dienone is 1. The van der Waals surface area contributed by atoms with Gasteiger partial charge >= 0.3 is 6.09 Å². The van der Waals surface area contributed by atoms with Crippen LogP contribution in [0.4, 0.5) is 9.18 Å². The fourth-order valence-corrected chi connectivity index (χ4v) is 3.70. The summed E-state index contributed by atoms with van der Waals surface area (Å²) in [6, 6.07) is 6.48. The van der Waals surface area contributed by atoms with Crippen molar-refractivity contribution in [3.63, 3.8) is 0 Å². The Morgan fingerprint density at radius 3 is 2.61 bits per heavy atom. The van der Waals surface area contributed by atoms with Gasteiger partial charge in [-0.05, 0) is 37.1 Å². The van der Waals surface area contributed by atoms with Crippen molar-refractivity contribution in [3.8, 4) is 11.3 Å². The minimum Gasteiger partial charge on any atom is -0.404 e. The van der Waals surface area contributed by atoms with Crippen LogP contribution in [0.25, 0.3) is 22.2 Å². The lowest BCUT2D eigenvalue weighted by atomic mass is 9.88. The number of carbonyl (C=O) groups is 2. The number of aromatic amines is 1. The number of imide groups is 1. The second-order valence-corrected chi connectivity index (χ2v) is 7.65. The second-order valence-electron chi connectivity index (χ2n) is 7.65. The van der Waals surface area contributed by atoms with Crippen molar-refractivity contribution in [3.05, 3.63) is 64.0 Å². The number of ether oxygens (including phenoxy) is 1. The summed E-state index contributed by atoms with van der Waals surface area (Å²) in [5, 5.41) is 6.63. The van der Waals surface area contributed by atoms with E-state index in [1.165, 1.54) is 18.3 Å². The molecule has 31 heavy (non-hydrogen) atoms. The maximum atomic E-state index is 14.6. The molecule has 8 nitrogen and oxygen atoms in total. The van der Waals surface area contributed by atoms with Gasteiger partial charge in [-0.25, -0.2) is 9.18 Å². The van der Waals surface area contributed by atoms with Crippen molar-refractivity contribution >= 4 is 22.9 Å². The molecule has 3 heterocycles. The lowest BCUT2D eigenvalue weighted by molar-refractivity contribution is -0.116. The van der Waals surface area contributed by atoms with Gasteiger partial charge in [-0.1, -0.05) is 19.9 Å². The van der Waals surface area contributed by atoms with Crippen molar-refractivity contribution in [1.82, 2.24) is 20.1 Å². The molecule has 3 aromatic rings. The maximum Gasteiger partial charge on any atom is 0.419 e. The number of pyridine rings is 1. The normalized spacial score (nSPS) is 16.2. The summed E-state index contributed by atoms with van der Waals surface area (Å²) in [5.41, 5.74) is 1.65. The number of nitrogens with zero attached hydrogens (tertiary/aromatic N) is 2. The monoisotopic (exact) mass is 424 g/mol. The van der Waals surface area contributed by atoms with Gasteiger partial charge in [0.25, 0.3) is 11.5 Å². The predicted octanol–water partition coefficient (Wildman–Crippen LogP) is 3.44. The van der Waals surface area contributed by atoms with E-state index in [-0.39, 0.29) is 17.2 Å². The predicted molar refractivity (Wildman–Crippen MR) is 112 cm³/mol. The third-order valence-corrected chi connectivity index (χ3v) is 5.31. The second kappa shape index (κ2) is 7.82. The number of aromatic nitrogens is 3. The number of cyclic esters (lactones) is 1. The molecule has 1 aromatic carbocycles. The minimum atomic E-state index is -0.841. The minimum absolute atomic E-state index is 0.0562. The Morgan fingerprint density at radius 1 is 1.23 bits per heavy atom. The molecule has 1 unspecified atom stereocenters. The Bertz CT molecular complexity index is 1290. The number of rotatable bonds is 5. The van der Waals surface area contributed by atoms with E-state index >= 15 is 0 Å². The first kappa shape index (κ1) is 20.5. The fraction of sp³-hybridized carbons (Fsp3) is 0.273. The molecule has 1 saturated heterocycles. The molecule has 1 aliphatic heterocycles. The molecule has 1 atom stereocenters. The highest BCUT2D eigenvalue weighted by Gasteiger charge is 2.29. The summed E-state index contributed by atoms with van der Waals surface area (Å²) < 4.78 is 21.1. The highest BCUT2D eigenvalue weighted by molar-refractivity contribution is 6.07. The van der Waals surface area contributed by atoms with Crippen LogP contribution in [0.1, 0.15) is 32.3 Å². The standard InChI is InChI=1S/C22H21FN4O4/c1-4-27-18-8-12(7-16(23)15(18)10-24-27)17-6-5-13(20(28)25-17)14(11(2)3)9-19-21(29)26-22(30)31-19/h5-11,14H,4H2,1-3H3,(H,25,28)(H,26,29,30). The first-order valence-electron chi connectivity index (χ1n) is 9.92. The van der Waals surface area contributed by atoms with Crippen LogP contribution in [0.2, 0.25) is 0 Å². The number of halogens is 1. The molecule has 1 fully saturated rings. The highest BCUT2D eigenvalue weighted by atomic mass is 19.1. The van der Waals surface area contributed by atoms with Gasteiger partial charge in [-0.15, -0.1) is 0 Å². The number of hydrogen-bond acceptors (Lipinski definition) is 5. The highest BCUT2D eigenvalue weighted by Crippen LogP contribution is 2.29. The van der Waals surface area contributed by atoms with Crippen molar-refractivity contribution in [1.29, 1.82) is 0 Å². The summed E-state index contributed by atoms with van der Waals surface area (Å²) in [6.45, 7) is 6.28. The Labute approximate surface area is 176 Å². The summed E-state index contributed by atoms with van der Waals surface area (Å²) in [4.78, 5) is 38.8. The lowest BCUT2D eigenvalue weighted by Crippen LogP contribution is -2.21. The van der Waals surface area contributed by atoms with E-state index in [0.717, 1.165) is 0 Å². The van der Waals surface area contributed by atoms with Crippen LogP contribution < -0.4 is 10.9 Å². The summed E-state index contributed by atoms with van der Waals surface area (Å²) in [6.07, 6.45) is 2.11. The molecule has 1 aliphatic rings. The van der Waals surface area contributed by atoms with Gasteiger partial charge in [0.1, 0.15) is 5.82 Å². The first-order chi connectivity index (χ1) is 14.8. The van der Waals surface area contributed by atoms with Crippen LogP contribution >= 0.6 is 0 Å². The Morgan fingerprint density at radius 2 is 2.00 bits per heavy atom. The smallest absolute Gasteiger partial charge is 0.404 e. The SMILES string of the molecule is CCn1ncc2c(F)cc(-c3ccc(C(C=C4OC(=O)NC4=O)C(C)C)c(=O)[nH]3)cc21. The molecule has 0 radical (unpaired) electrons. The van der Waals surface area contributed by atoms with E-state index in [1.54, 1.807) is 22.9 Å². The number of amides is 2. The quantitative estimate of drug-likeness (QED) is 0.611. The molecular formula is C22H21FN4O4. The van der Waals surface area contributed by atoms with Crippen molar-refractivity contribution in [2.24, 2.45) is 5.92 Å². The number of aryl methyl sites for hydroxylation is 1. The number of nitrogens with one attached hydrogen (secondary N) is 2. The van der Waals surface area contributed by atoms with Gasteiger partial charge in [-0.2, -0.15) is 5.10 Å². The van der Waals surface area contributed by atoms with Gasteiger partial charge in [0.2, 0.25) is 0 Å². The number of fused-ring (bicyclic) bond motifs is 1. The molecule has 2 N–H and O–H groups in total. The number of carbonyl (C=O) groups excluding carboxylic acids is 2. The van der Waals surface area contributed by atoms with E-state index in [1.807, 2.05) is 26.1 Å². The zero-order valence-corrected chi connectivity index (χ0v) is 17.2. The van der Waals surface area contributed by atoms with Gasteiger partial charge in [0, 0.05) is 29.3 Å². The van der Waals surface area contributed by atoms with Crippen molar-refractivity contribution in [2.45, 2.75) is 33.2 Å². The van der Waals surface area contributed by atoms with Crippen LogP contribution in [0, 0.1) is 11.7 Å². The van der Waals surface area contributed by atoms with E-state index in [0.29, 0.717) is 34.3 Å².